The minimum Gasteiger partial charge on any atom is -0.494 e. The summed E-state index contributed by atoms with van der Waals surface area (Å²) in [4.78, 5) is 15.3. The molecule has 1 N–H and O–H groups in total. The number of methoxy groups -OCH3 is 1. The number of benzene rings is 1. The highest BCUT2D eigenvalue weighted by molar-refractivity contribution is 9.10. The van der Waals surface area contributed by atoms with E-state index >= 15 is 0 Å². The topological polar surface area (TPSA) is 59.4 Å². The molecule has 1 heterocycles. The molecule has 2 aromatic rings. The molecule has 0 amide bonds. The zero-order chi connectivity index (χ0) is 13.1. The van der Waals surface area contributed by atoms with Crippen molar-refractivity contribution in [3.8, 4) is 17.0 Å². The summed E-state index contributed by atoms with van der Waals surface area (Å²) in [5.74, 6) is -0.785. The first kappa shape index (κ1) is 12.6. The maximum absolute atomic E-state index is 11.1. The molecule has 18 heavy (non-hydrogen) atoms. The Morgan fingerprint density at radius 3 is 2.78 bits per heavy atom. The smallest absolute Gasteiger partial charge is 0.339 e. The number of halogens is 1. The molecule has 0 saturated carbocycles. The summed E-state index contributed by atoms with van der Waals surface area (Å²) in [6.07, 6.45) is 1.42. The van der Waals surface area contributed by atoms with Gasteiger partial charge < -0.3 is 9.84 Å². The Morgan fingerprint density at radius 1 is 1.39 bits per heavy atom. The zero-order valence-electron chi connectivity index (χ0n) is 9.55. The van der Waals surface area contributed by atoms with Gasteiger partial charge in [-0.3, -0.25) is 4.98 Å². The van der Waals surface area contributed by atoms with Crippen molar-refractivity contribution in [2.24, 2.45) is 0 Å². The first-order valence-electron chi connectivity index (χ1n) is 5.15. The third kappa shape index (κ3) is 2.51. The molecule has 0 radical (unpaired) electrons. The second kappa shape index (κ2) is 5.18. The van der Waals surface area contributed by atoms with Gasteiger partial charge in [0.15, 0.2) is 5.75 Å². The number of carboxylic acids is 1. The third-order valence-electron chi connectivity index (χ3n) is 2.44. The van der Waals surface area contributed by atoms with Crippen molar-refractivity contribution in [1.29, 1.82) is 0 Å². The Hall–Kier alpha value is -1.88. The number of pyridine rings is 1. The van der Waals surface area contributed by atoms with E-state index in [1.165, 1.54) is 19.4 Å². The molecule has 0 unspecified atom stereocenters. The van der Waals surface area contributed by atoms with Gasteiger partial charge in [-0.25, -0.2) is 4.79 Å². The van der Waals surface area contributed by atoms with Gasteiger partial charge in [-0.15, -0.1) is 0 Å². The summed E-state index contributed by atoms with van der Waals surface area (Å²) in [6.45, 7) is 0. The number of aromatic nitrogens is 1. The van der Waals surface area contributed by atoms with Crippen molar-refractivity contribution < 1.29 is 14.6 Å². The number of ether oxygens (including phenoxy) is 1. The summed E-state index contributed by atoms with van der Waals surface area (Å²) >= 11 is 3.37. The lowest BCUT2D eigenvalue weighted by atomic mass is 10.1. The van der Waals surface area contributed by atoms with Crippen LogP contribution < -0.4 is 4.74 Å². The normalized spacial score (nSPS) is 10.1. The van der Waals surface area contributed by atoms with Crippen LogP contribution in [0, 0.1) is 0 Å². The molecule has 0 aliphatic carbocycles. The molecule has 0 aliphatic rings. The lowest BCUT2D eigenvalue weighted by molar-refractivity contribution is 0.0693. The Labute approximate surface area is 112 Å². The lowest BCUT2D eigenvalue weighted by Crippen LogP contribution is -2.02. The van der Waals surface area contributed by atoms with E-state index in [2.05, 4.69) is 20.9 Å². The largest absolute Gasteiger partial charge is 0.494 e. The molecular formula is C13H10BrNO3. The maximum Gasteiger partial charge on any atom is 0.339 e. The van der Waals surface area contributed by atoms with Crippen LogP contribution in [0.25, 0.3) is 11.3 Å². The van der Waals surface area contributed by atoms with Gasteiger partial charge in [0.1, 0.15) is 5.56 Å². The van der Waals surface area contributed by atoms with E-state index in [1.54, 1.807) is 0 Å². The minimum absolute atomic E-state index is 0.0995. The Bertz CT molecular complexity index is 599. The predicted octanol–water partition coefficient (Wildman–Crippen LogP) is 3.22. The van der Waals surface area contributed by atoms with E-state index in [0.29, 0.717) is 5.69 Å². The molecule has 1 aromatic carbocycles. The highest BCUT2D eigenvalue weighted by atomic mass is 79.9. The lowest BCUT2D eigenvalue weighted by Gasteiger charge is -2.07. The average Bonchev–Trinajstić information content (AvgIpc) is 2.38. The predicted molar refractivity (Wildman–Crippen MR) is 70.9 cm³/mol. The van der Waals surface area contributed by atoms with Gasteiger partial charge in [-0.05, 0) is 18.2 Å². The van der Waals surface area contributed by atoms with Crippen LogP contribution >= 0.6 is 15.9 Å². The fourth-order valence-electron chi connectivity index (χ4n) is 1.58. The Morgan fingerprint density at radius 2 is 2.17 bits per heavy atom. The first-order chi connectivity index (χ1) is 8.61. The van der Waals surface area contributed by atoms with Crippen LogP contribution in [0.5, 0.6) is 5.75 Å². The van der Waals surface area contributed by atoms with Crippen molar-refractivity contribution >= 4 is 21.9 Å². The summed E-state index contributed by atoms with van der Waals surface area (Å²) in [5.41, 5.74) is 1.53. The molecule has 0 saturated heterocycles. The Balaban J connectivity index is 2.53. The summed E-state index contributed by atoms with van der Waals surface area (Å²) < 4.78 is 5.88. The van der Waals surface area contributed by atoms with Crippen molar-refractivity contribution in [1.82, 2.24) is 4.98 Å². The molecule has 0 bridgehead atoms. The molecule has 4 nitrogen and oxygen atoms in total. The molecular weight excluding hydrogens is 298 g/mol. The van der Waals surface area contributed by atoms with E-state index in [9.17, 15) is 4.79 Å². The highest BCUT2D eigenvalue weighted by Crippen LogP contribution is 2.25. The van der Waals surface area contributed by atoms with E-state index in [4.69, 9.17) is 9.84 Å². The second-order valence-corrected chi connectivity index (χ2v) is 4.50. The number of carboxylic acid groups (broad SMARTS) is 1. The van der Waals surface area contributed by atoms with Gasteiger partial charge in [0.25, 0.3) is 0 Å². The van der Waals surface area contributed by atoms with E-state index in [-0.39, 0.29) is 11.3 Å². The molecule has 0 aliphatic heterocycles. The van der Waals surface area contributed by atoms with Crippen LogP contribution in [0.15, 0.2) is 41.0 Å². The number of hydrogen-bond acceptors (Lipinski definition) is 3. The quantitative estimate of drug-likeness (QED) is 0.946. The van der Waals surface area contributed by atoms with Gasteiger partial charge >= 0.3 is 5.97 Å². The first-order valence-corrected chi connectivity index (χ1v) is 5.94. The molecule has 0 fully saturated rings. The van der Waals surface area contributed by atoms with Crippen LogP contribution in [-0.4, -0.2) is 23.2 Å². The SMILES string of the molecule is COc1cnc(-c2cccc(Br)c2)cc1C(=O)O. The van der Waals surface area contributed by atoms with Gasteiger partial charge in [0.2, 0.25) is 0 Å². The zero-order valence-corrected chi connectivity index (χ0v) is 11.1. The van der Waals surface area contributed by atoms with Gasteiger partial charge in [-0.2, -0.15) is 0 Å². The monoisotopic (exact) mass is 307 g/mol. The molecule has 5 heteroatoms. The molecule has 92 valence electrons. The number of aromatic carboxylic acids is 1. The van der Waals surface area contributed by atoms with Crippen molar-refractivity contribution in [2.45, 2.75) is 0 Å². The summed E-state index contributed by atoms with van der Waals surface area (Å²) in [6, 6.07) is 9.01. The van der Waals surface area contributed by atoms with Crippen molar-refractivity contribution in [3.63, 3.8) is 0 Å². The standard InChI is InChI=1S/C13H10BrNO3/c1-18-12-7-15-11(6-10(12)13(16)17)8-3-2-4-9(14)5-8/h2-7H,1H3,(H,16,17). The van der Waals surface area contributed by atoms with Crippen LogP contribution in [0.4, 0.5) is 0 Å². The van der Waals surface area contributed by atoms with Gasteiger partial charge in [0.05, 0.1) is 19.0 Å². The van der Waals surface area contributed by atoms with Crippen LogP contribution in [-0.2, 0) is 0 Å². The molecule has 0 spiro atoms. The fraction of sp³-hybridized carbons (Fsp3) is 0.0769. The van der Waals surface area contributed by atoms with Crippen LogP contribution in [0.2, 0.25) is 0 Å². The second-order valence-electron chi connectivity index (χ2n) is 3.59. The third-order valence-corrected chi connectivity index (χ3v) is 2.93. The van der Waals surface area contributed by atoms with Crippen molar-refractivity contribution in [2.75, 3.05) is 7.11 Å². The minimum atomic E-state index is -1.04. The molecule has 0 atom stereocenters. The molecule has 2 rings (SSSR count). The van der Waals surface area contributed by atoms with Gasteiger partial charge in [-0.1, -0.05) is 28.1 Å². The number of hydrogen-bond donors (Lipinski definition) is 1. The van der Waals surface area contributed by atoms with Crippen LogP contribution in [0.3, 0.4) is 0 Å². The van der Waals surface area contributed by atoms with Crippen molar-refractivity contribution in [3.05, 3.63) is 46.6 Å². The number of carbonyl (C=O) groups is 1. The number of rotatable bonds is 3. The van der Waals surface area contributed by atoms with E-state index < -0.39 is 5.97 Å². The van der Waals surface area contributed by atoms with Gasteiger partial charge in [0, 0.05) is 10.0 Å². The van der Waals surface area contributed by atoms with Crippen LogP contribution in [0.1, 0.15) is 10.4 Å². The highest BCUT2D eigenvalue weighted by Gasteiger charge is 2.13. The Kier molecular flexibility index (Phi) is 3.62. The van der Waals surface area contributed by atoms with E-state index in [1.807, 2.05) is 24.3 Å². The summed E-state index contributed by atoms with van der Waals surface area (Å²) in [7, 11) is 1.42. The number of nitrogens with zero attached hydrogens (tertiary/aromatic N) is 1. The molecule has 1 aromatic heterocycles. The average molecular weight is 308 g/mol. The van der Waals surface area contributed by atoms with E-state index in [0.717, 1.165) is 10.0 Å². The fourth-order valence-corrected chi connectivity index (χ4v) is 1.98. The maximum atomic E-state index is 11.1. The summed E-state index contributed by atoms with van der Waals surface area (Å²) in [5, 5.41) is 9.11.